The van der Waals surface area contributed by atoms with Crippen molar-refractivity contribution < 1.29 is 4.79 Å². The van der Waals surface area contributed by atoms with Crippen molar-refractivity contribution in [1.82, 2.24) is 20.3 Å². The van der Waals surface area contributed by atoms with E-state index in [1.807, 2.05) is 27.7 Å². The fourth-order valence-electron chi connectivity index (χ4n) is 1.50. The van der Waals surface area contributed by atoms with Gasteiger partial charge in [0.2, 0.25) is 0 Å². The minimum Gasteiger partial charge on any atom is -0.332 e. The average Bonchev–Trinajstić information content (AvgIpc) is 2.53. The van der Waals surface area contributed by atoms with Gasteiger partial charge in [-0.15, -0.1) is 0 Å². The molecule has 14 heavy (non-hydrogen) atoms. The predicted molar refractivity (Wildman–Crippen MR) is 52.8 cm³/mol. The van der Waals surface area contributed by atoms with Crippen molar-refractivity contribution in [3.05, 3.63) is 11.9 Å². The molecule has 0 radical (unpaired) electrons. The van der Waals surface area contributed by atoms with Crippen LogP contribution in [-0.4, -0.2) is 38.3 Å². The summed E-state index contributed by atoms with van der Waals surface area (Å²) in [6.45, 7) is 7.94. The minimum atomic E-state index is -0.0799. The van der Waals surface area contributed by atoms with Crippen LogP contribution in [0.1, 0.15) is 38.2 Å². The van der Waals surface area contributed by atoms with Crippen molar-refractivity contribution in [2.45, 2.75) is 39.8 Å². The molecule has 1 aromatic rings. The van der Waals surface area contributed by atoms with E-state index in [0.29, 0.717) is 5.69 Å². The molecule has 5 heteroatoms. The maximum Gasteiger partial charge on any atom is 0.276 e. The van der Waals surface area contributed by atoms with Gasteiger partial charge < -0.3 is 4.90 Å². The number of amides is 1. The summed E-state index contributed by atoms with van der Waals surface area (Å²) in [7, 11) is 0. The van der Waals surface area contributed by atoms with E-state index < -0.39 is 0 Å². The SMILES string of the molecule is CC(C)N(C(=O)c1cn[nH]n1)C(C)C. The number of nitrogens with one attached hydrogen (secondary N) is 1. The van der Waals surface area contributed by atoms with Gasteiger partial charge in [-0.3, -0.25) is 4.79 Å². The zero-order valence-electron chi connectivity index (χ0n) is 8.98. The Kier molecular flexibility index (Phi) is 3.22. The second-order valence-electron chi connectivity index (χ2n) is 3.76. The van der Waals surface area contributed by atoms with Gasteiger partial charge in [0.15, 0.2) is 5.69 Å². The first kappa shape index (κ1) is 10.7. The molecule has 0 spiro atoms. The maximum atomic E-state index is 11.9. The largest absolute Gasteiger partial charge is 0.332 e. The van der Waals surface area contributed by atoms with E-state index in [0.717, 1.165) is 0 Å². The van der Waals surface area contributed by atoms with Gasteiger partial charge >= 0.3 is 0 Å². The Morgan fingerprint density at radius 1 is 1.36 bits per heavy atom. The highest BCUT2D eigenvalue weighted by molar-refractivity contribution is 5.92. The summed E-state index contributed by atoms with van der Waals surface area (Å²) in [4.78, 5) is 13.7. The highest BCUT2D eigenvalue weighted by Gasteiger charge is 2.22. The van der Waals surface area contributed by atoms with Crippen LogP contribution in [0.5, 0.6) is 0 Å². The zero-order chi connectivity index (χ0) is 10.7. The van der Waals surface area contributed by atoms with Crippen LogP contribution in [0.4, 0.5) is 0 Å². The third-order valence-electron chi connectivity index (χ3n) is 1.98. The number of carbonyl (C=O) groups excluding carboxylic acids is 1. The van der Waals surface area contributed by atoms with Crippen LogP contribution >= 0.6 is 0 Å². The topological polar surface area (TPSA) is 61.9 Å². The molecule has 1 amide bonds. The number of H-pyrrole nitrogens is 1. The average molecular weight is 196 g/mol. The second-order valence-corrected chi connectivity index (χ2v) is 3.76. The van der Waals surface area contributed by atoms with Crippen molar-refractivity contribution in [3.8, 4) is 0 Å². The zero-order valence-corrected chi connectivity index (χ0v) is 8.98. The number of rotatable bonds is 3. The van der Waals surface area contributed by atoms with Crippen LogP contribution < -0.4 is 0 Å². The van der Waals surface area contributed by atoms with Gasteiger partial charge in [0.1, 0.15) is 0 Å². The summed E-state index contributed by atoms with van der Waals surface area (Å²) in [6, 6.07) is 0.332. The Morgan fingerprint density at radius 2 is 1.93 bits per heavy atom. The summed E-state index contributed by atoms with van der Waals surface area (Å²) >= 11 is 0. The molecule has 78 valence electrons. The van der Waals surface area contributed by atoms with Gasteiger partial charge in [-0.1, -0.05) is 0 Å². The number of hydrogen-bond acceptors (Lipinski definition) is 3. The maximum absolute atomic E-state index is 11.9. The van der Waals surface area contributed by atoms with Crippen LogP contribution in [0.25, 0.3) is 0 Å². The number of aromatic amines is 1. The monoisotopic (exact) mass is 196 g/mol. The minimum absolute atomic E-state index is 0.0799. The first-order valence-electron chi connectivity index (χ1n) is 4.72. The molecule has 1 rings (SSSR count). The molecular formula is C9H16N4O. The first-order chi connectivity index (χ1) is 6.54. The lowest BCUT2D eigenvalue weighted by Gasteiger charge is -2.29. The molecule has 5 nitrogen and oxygen atoms in total. The molecule has 0 aliphatic carbocycles. The Morgan fingerprint density at radius 3 is 2.29 bits per heavy atom. The van der Waals surface area contributed by atoms with Crippen LogP contribution in [0.15, 0.2) is 6.20 Å². The van der Waals surface area contributed by atoms with E-state index in [1.54, 1.807) is 4.90 Å². The summed E-state index contributed by atoms with van der Waals surface area (Å²) in [6.07, 6.45) is 1.44. The van der Waals surface area contributed by atoms with Crippen LogP contribution in [0, 0.1) is 0 Å². The molecule has 1 N–H and O–H groups in total. The lowest BCUT2D eigenvalue weighted by Crippen LogP contribution is -2.42. The Balaban J connectivity index is 2.85. The fourth-order valence-corrected chi connectivity index (χ4v) is 1.50. The normalized spacial score (nSPS) is 11.0. The molecule has 0 saturated carbocycles. The third kappa shape index (κ3) is 2.10. The van der Waals surface area contributed by atoms with E-state index in [-0.39, 0.29) is 18.0 Å². The molecule has 1 heterocycles. The Bertz CT molecular complexity index is 284. The van der Waals surface area contributed by atoms with E-state index >= 15 is 0 Å². The van der Waals surface area contributed by atoms with Gasteiger partial charge in [0.25, 0.3) is 5.91 Å². The number of nitrogens with zero attached hydrogens (tertiary/aromatic N) is 3. The van der Waals surface area contributed by atoms with Crippen molar-refractivity contribution in [2.24, 2.45) is 0 Å². The molecule has 0 aromatic carbocycles. The Labute approximate surface area is 83.5 Å². The summed E-state index contributed by atoms with van der Waals surface area (Å²) in [5.41, 5.74) is 0.368. The van der Waals surface area contributed by atoms with Gasteiger partial charge in [-0.25, -0.2) is 0 Å². The molecule has 0 bridgehead atoms. The fraction of sp³-hybridized carbons (Fsp3) is 0.667. The highest BCUT2D eigenvalue weighted by Crippen LogP contribution is 2.09. The summed E-state index contributed by atoms with van der Waals surface area (Å²) in [5.74, 6) is -0.0799. The van der Waals surface area contributed by atoms with E-state index in [2.05, 4.69) is 15.4 Å². The first-order valence-corrected chi connectivity index (χ1v) is 4.72. The lowest BCUT2D eigenvalue weighted by atomic mass is 10.2. The van der Waals surface area contributed by atoms with E-state index in [4.69, 9.17) is 0 Å². The van der Waals surface area contributed by atoms with Crippen LogP contribution in [-0.2, 0) is 0 Å². The van der Waals surface area contributed by atoms with Crippen molar-refractivity contribution in [3.63, 3.8) is 0 Å². The summed E-state index contributed by atoms with van der Waals surface area (Å²) < 4.78 is 0. The smallest absolute Gasteiger partial charge is 0.276 e. The number of carbonyl (C=O) groups is 1. The quantitative estimate of drug-likeness (QED) is 0.786. The van der Waals surface area contributed by atoms with Gasteiger partial charge in [0.05, 0.1) is 6.20 Å². The second kappa shape index (κ2) is 4.21. The van der Waals surface area contributed by atoms with Gasteiger partial charge in [-0.2, -0.15) is 15.4 Å². The van der Waals surface area contributed by atoms with E-state index in [9.17, 15) is 4.79 Å². The highest BCUT2D eigenvalue weighted by atomic mass is 16.2. The molecule has 0 aliphatic rings. The molecule has 0 unspecified atom stereocenters. The van der Waals surface area contributed by atoms with Crippen molar-refractivity contribution in [2.75, 3.05) is 0 Å². The third-order valence-corrected chi connectivity index (χ3v) is 1.98. The number of hydrogen-bond donors (Lipinski definition) is 1. The molecule has 0 fully saturated rings. The molecule has 0 aliphatic heterocycles. The van der Waals surface area contributed by atoms with Crippen LogP contribution in [0.2, 0.25) is 0 Å². The number of aromatic nitrogens is 3. The summed E-state index contributed by atoms with van der Waals surface area (Å²) in [5, 5.41) is 9.83. The molecule has 1 aromatic heterocycles. The van der Waals surface area contributed by atoms with Gasteiger partial charge in [0, 0.05) is 12.1 Å². The molecule has 0 atom stereocenters. The molecule has 0 saturated heterocycles. The predicted octanol–water partition coefficient (Wildman–Crippen LogP) is 1.06. The van der Waals surface area contributed by atoms with Crippen molar-refractivity contribution >= 4 is 5.91 Å². The Hall–Kier alpha value is -1.39. The van der Waals surface area contributed by atoms with Gasteiger partial charge in [-0.05, 0) is 27.7 Å². The van der Waals surface area contributed by atoms with E-state index in [1.165, 1.54) is 6.20 Å². The molecular weight excluding hydrogens is 180 g/mol. The van der Waals surface area contributed by atoms with Crippen LogP contribution in [0.3, 0.4) is 0 Å². The van der Waals surface area contributed by atoms with Crippen molar-refractivity contribution in [1.29, 1.82) is 0 Å². The lowest BCUT2D eigenvalue weighted by molar-refractivity contribution is 0.0637. The standard InChI is InChI=1S/C9H16N4O/c1-6(2)13(7(3)4)9(14)8-5-10-12-11-8/h5-7H,1-4H3,(H,10,11,12).